The lowest BCUT2D eigenvalue weighted by molar-refractivity contribution is 0.431. The number of benzene rings is 3. The summed E-state index contributed by atoms with van der Waals surface area (Å²) in [4.78, 5) is 1.23. The van der Waals surface area contributed by atoms with Crippen LogP contribution in [0.4, 0.5) is 0 Å². The molecule has 0 amide bonds. The molecule has 0 radical (unpaired) electrons. The zero-order valence-electron chi connectivity index (χ0n) is 19.4. The molecule has 3 aromatic carbocycles. The Balaban J connectivity index is 1.50. The molecule has 170 valence electrons. The first-order valence-corrected chi connectivity index (χ1v) is 12.8. The second kappa shape index (κ2) is 12.6. The highest BCUT2D eigenvalue weighted by molar-refractivity contribution is 7.97. The number of nitrogens with one attached hydrogen (secondary N) is 2. The van der Waals surface area contributed by atoms with Crippen LogP contribution in [0.3, 0.4) is 0 Å². The SMILES string of the molecule is Cc1ccc(SN[C@H](c2ccccc2)[C@H](NCCCC2=CCC=CC2)c2ccccc2)cc1. The van der Waals surface area contributed by atoms with Crippen molar-refractivity contribution < 1.29 is 0 Å². The van der Waals surface area contributed by atoms with E-state index in [1.165, 1.54) is 28.0 Å². The lowest BCUT2D eigenvalue weighted by Crippen LogP contribution is -2.33. The first-order valence-electron chi connectivity index (χ1n) is 11.9. The van der Waals surface area contributed by atoms with E-state index in [4.69, 9.17) is 0 Å². The molecule has 2 N–H and O–H groups in total. The summed E-state index contributed by atoms with van der Waals surface area (Å²) in [5.74, 6) is 0. The topological polar surface area (TPSA) is 24.1 Å². The van der Waals surface area contributed by atoms with Crippen LogP contribution < -0.4 is 10.0 Å². The monoisotopic (exact) mass is 454 g/mol. The van der Waals surface area contributed by atoms with Crippen LogP contribution in [0.2, 0.25) is 0 Å². The van der Waals surface area contributed by atoms with Crippen molar-refractivity contribution in [2.45, 2.75) is 49.6 Å². The van der Waals surface area contributed by atoms with Gasteiger partial charge in [-0.25, -0.2) is 0 Å². The fraction of sp³-hybridized carbons (Fsp3) is 0.267. The van der Waals surface area contributed by atoms with Gasteiger partial charge in [-0.1, -0.05) is 102 Å². The molecular weight excluding hydrogens is 420 g/mol. The summed E-state index contributed by atoms with van der Waals surface area (Å²) < 4.78 is 3.79. The van der Waals surface area contributed by atoms with E-state index in [-0.39, 0.29) is 12.1 Å². The second-order valence-electron chi connectivity index (χ2n) is 8.64. The first-order chi connectivity index (χ1) is 16.3. The van der Waals surface area contributed by atoms with E-state index in [0.717, 1.165) is 25.8 Å². The van der Waals surface area contributed by atoms with Crippen molar-refractivity contribution in [1.29, 1.82) is 0 Å². The molecule has 4 rings (SSSR count). The molecule has 3 aromatic rings. The van der Waals surface area contributed by atoms with Gasteiger partial charge in [-0.2, -0.15) is 0 Å². The van der Waals surface area contributed by atoms with Crippen LogP contribution in [0.1, 0.15) is 54.5 Å². The number of rotatable bonds is 11. The van der Waals surface area contributed by atoms with Gasteiger partial charge in [0.2, 0.25) is 0 Å². The highest BCUT2D eigenvalue weighted by Gasteiger charge is 2.24. The molecule has 1 aliphatic rings. The van der Waals surface area contributed by atoms with Crippen molar-refractivity contribution in [1.82, 2.24) is 10.0 Å². The fourth-order valence-corrected chi connectivity index (χ4v) is 5.05. The third-order valence-electron chi connectivity index (χ3n) is 6.10. The van der Waals surface area contributed by atoms with E-state index in [2.05, 4.69) is 120 Å². The lowest BCUT2D eigenvalue weighted by atomic mass is 9.93. The molecule has 2 atom stereocenters. The third-order valence-corrected chi connectivity index (χ3v) is 6.98. The maximum Gasteiger partial charge on any atom is 0.0619 e. The van der Waals surface area contributed by atoms with E-state index in [1.807, 2.05) is 0 Å². The largest absolute Gasteiger partial charge is 0.308 e. The summed E-state index contributed by atoms with van der Waals surface area (Å²) in [6, 6.07) is 30.7. The van der Waals surface area contributed by atoms with Crippen LogP contribution >= 0.6 is 11.9 Å². The standard InChI is InChI=1S/C30H34N2S/c1-24-19-21-28(22-20-24)33-32-30(27-17-9-4-10-18-27)29(26-15-7-3-8-16-26)31-23-11-14-25-12-5-2-6-13-25/h2-5,7-10,13,15-22,29-32H,6,11-12,14,23H2,1H3/t29-,30-/m1/s1. The number of allylic oxidation sites excluding steroid dienone is 4. The molecule has 1 aliphatic carbocycles. The van der Waals surface area contributed by atoms with Crippen LogP contribution in [0, 0.1) is 6.92 Å². The van der Waals surface area contributed by atoms with Crippen molar-refractivity contribution in [2.24, 2.45) is 0 Å². The fourth-order valence-electron chi connectivity index (χ4n) is 4.24. The summed E-state index contributed by atoms with van der Waals surface area (Å²) in [5, 5.41) is 3.90. The van der Waals surface area contributed by atoms with Crippen molar-refractivity contribution in [2.75, 3.05) is 6.54 Å². The normalized spacial score (nSPS) is 15.1. The predicted molar refractivity (Wildman–Crippen MR) is 142 cm³/mol. The average Bonchev–Trinajstić information content (AvgIpc) is 2.88. The Kier molecular flexibility index (Phi) is 8.99. The Morgan fingerprint density at radius 3 is 2.09 bits per heavy atom. The molecule has 0 bridgehead atoms. The minimum atomic E-state index is 0.136. The van der Waals surface area contributed by atoms with Gasteiger partial charge in [-0.05, 0) is 74.4 Å². The van der Waals surface area contributed by atoms with Crippen LogP contribution in [0.25, 0.3) is 0 Å². The van der Waals surface area contributed by atoms with Crippen molar-refractivity contribution in [3.8, 4) is 0 Å². The summed E-state index contributed by atoms with van der Waals surface area (Å²) in [5.41, 5.74) is 5.45. The van der Waals surface area contributed by atoms with Gasteiger partial charge in [0, 0.05) is 4.90 Å². The molecule has 0 unspecified atom stereocenters. The van der Waals surface area contributed by atoms with E-state index in [9.17, 15) is 0 Å². The van der Waals surface area contributed by atoms with E-state index >= 15 is 0 Å². The lowest BCUT2D eigenvalue weighted by Gasteiger charge is -2.30. The Hall–Kier alpha value is -2.59. The zero-order chi connectivity index (χ0) is 22.7. The quantitative estimate of drug-likeness (QED) is 0.176. The van der Waals surface area contributed by atoms with Crippen LogP contribution in [-0.2, 0) is 0 Å². The maximum absolute atomic E-state index is 3.90. The molecular formula is C30H34N2S. The smallest absolute Gasteiger partial charge is 0.0619 e. The highest BCUT2D eigenvalue weighted by Crippen LogP contribution is 2.32. The van der Waals surface area contributed by atoms with Gasteiger partial charge in [-0.15, -0.1) is 0 Å². The molecule has 0 saturated heterocycles. The van der Waals surface area contributed by atoms with Gasteiger partial charge in [0.05, 0.1) is 12.1 Å². The minimum Gasteiger partial charge on any atom is -0.308 e. The molecule has 33 heavy (non-hydrogen) atoms. The van der Waals surface area contributed by atoms with Gasteiger partial charge in [-0.3, -0.25) is 4.72 Å². The highest BCUT2D eigenvalue weighted by atomic mass is 32.2. The molecule has 0 spiro atoms. The Labute approximate surface area is 203 Å². The van der Waals surface area contributed by atoms with Crippen LogP contribution in [0.15, 0.2) is 114 Å². The second-order valence-corrected chi connectivity index (χ2v) is 9.55. The first kappa shape index (κ1) is 23.6. The third kappa shape index (κ3) is 7.20. The van der Waals surface area contributed by atoms with Gasteiger partial charge in [0.1, 0.15) is 0 Å². The van der Waals surface area contributed by atoms with Crippen molar-refractivity contribution >= 4 is 11.9 Å². The van der Waals surface area contributed by atoms with Crippen molar-refractivity contribution in [3.63, 3.8) is 0 Å². The van der Waals surface area contributed by atoms with Crippen LogP contribution in [0.5, 0.6) is 0 Å². The van der Waals surface area contributed by atoms with E-state index in [1.54, 1.807) is 17.5 Å². The molecule has 0 saturated carbocycles. The zero-order valence-corrected chi connectivity index (χ0v) is 20.2. The number of hydrogen-bond acceptors (Lipinski definition) is 3. The molecule has 0 aromatic heterocycles. The van der Waals surface area contributed by atoms with Crippen LogP contribution in [-0.4, -0.2) is 6.54 Å². The average molecular weight is 455 g/mol. The van der Waals surface area contributed by atoms with E-state index < -0.39 is 0 Å². The minimum absolute atomic E-state index is 0.136. The summed E-state index contributed by atoms with van der Waals surface area (Å²) in [6.45, 7) is 3.12. The molecule has 2 nitrogen and oxygen atoms in total. The van der Waals surface area contributed by atoms with Crippen molar-refractivity contribution in [3.05, 3.63) is 125 Å². The van der Waals surface area contributed by atoms with E-state index in [0.29, 0.717) is 0 Å². The Bertz CT molecular complexity index is 1030. The Morgan fingerprint density at radius 2 is 1.45 bits per heavy atom. The van der Waals surface area contributed by atoms with Gasteiger partial charge < -0.3 is 5.32 Å². The summed E-state index contributed by atoms with van der Waals surface area (Å²) >= 11 is 1.71. The van der Waals surface area contributed by atoms with Gasteiger partial charge in [0.25, 0.3) is 0 Å². The number of aryl methyl sites for hydroxylation is 1. The molecule has 3 heteroatoms. The summed E-state index contributed by atoms with van der Waals surface area (Å²) in [6.07, 6.45) is 11.5. The summed E-state index contributed by atoms with van der Waals surface area (Å²) in [7, 11) is 0. The molecule has 0 aliphatic heterocycles. The Morgan fingerprint density at radius 1 is 0.788 bits per heavy atom. The predicted octanol–water partition coefficient (Wildman–Crippen LogP) is 7.72. The maximum atomic E-state index is 3.90. The van der Waals surface area contributed by atoms with Gasteiger partial charge >= 0.3 is 0 Å². The number of hydrogen-bond donors (Lipinski definition) is 2. The van der Waals surface area contributed by atoms with Gasteiger partial charge in [0.15, 0.2) is 0 Å². The molecule has 0 heterocycles. The molecule has 0 fully saturated rings.